The molecule has 5 heteroatoms. The second-order valence-corrected chi connectivity index (χ2v) is 2.22. The Kier molecular flexibility index (Phi) is 4.33. The quantitative estimate of drug-likeness (QED) is 0.619. The molecule has 0 aliphatic rings. The Bertz CT molecular complexity index is 189. The molecule has 0 spiro atoms. The van der Waals surface area contributed by atoms with Crippen LogP contribution in [0.1, 0.15) is 12.7 Å². The lowest BCUT2D eigenvalue weighted by Gasteiger charge is -2.00. The molecular formula is C7H13N3O2. The van der Waals surface area contributed by atoms with E-state index in [1.807, 2.05) is 6.92 Å². The maximum Gasteiger partial charge on any atom is 0.213 e. The number of rotatable bonds is 6. The van der Waals surface area contributed by atoms with Crippen molar-refractivity contribution in [2.45, 2.75) is 13.5 Å². The van der Waals surface area contributed by atoms with Crippen LogP contribution in [0.4, 0.5) is 0 Å². The summed E-state index contributed by atoms with van der Waals surface area (Å²) in [6.07, 6.45) is 1.32. The van der Waals surface area contributed by atoms with Gasteiger partial charge in [-0.05, 0) is 6.92 Å². The Hall–Kier alpha value is -0.940. The van der Waals surface area contributed by atoms with Crippen LogP contribution in [0.2, 0.25) is 0 Å². The number of ether oxygens (including phenoxy) is 1. The predicted molar refractivity (Wildman–Crippen MR) is 42.5 cm³/mol. The molecule has 1 aromatic rings. The zero-order valence-electron chi connectivity index (χ0n) is 7.12. The highest BCUT2D eigenvalue weighted by atomic mass is 16.5. The zero-order chi connectivity index (χ0) is 8.65. The van der Waals surface area contributed by atoms with E-state index in [-0.39, 0.29) is 0 Å². The van der Waals surface area contributed by atoms with Gasteiger partial charge in [-0.2, -0.15) is 4.98 Å². The molecule has 0 aliphatic heterocycles. The first-order valence-corrected chi connectivity index (χ1v) is 3.97. The zero-order valence-corrected chi connectivity index (χ0v) is 7.12. The van der Waals surface area contributed by atoms with Crippen LogP contribution in [0.5, 0.6) is 0 Å². The second kappa shape index (κ2) is 5.68. The van der Waals surface area contributed by atoms with E-state index in [0.29, 0.717) is 19.0 Å². The van der Waals surface area contributed by atoms with Crippen molar-refractivity contribution in [3.05, 3.63) is 12.2 Å². The van der Waals surface area contributed by atoms with E-state index in [1.54, 1.807) is 0 Å². The molecule has 68 valence electrons. The molecular weight excluding hydrogens is 158 g/mol. The monoisotopic (exact) mass is 171 g/mol. The summed E-state index contributed by atoms with van der Waals surface area (Å²) in [5.41, 5.74) is 0. The Balaban J connectivity index is 1.96. The average molecular weight is 171 g/mol. The van der Waals surface area contributed by atoms with Gasteiger partial charge in [-0.1, -0.05) is 5.16 Å². The Morgan fingerprint density at radius 1 is 1.67 bits per heavy atom. The third kappa shape index (κ3) is 3.45. The fraction of sp³-hybridized carbons (Fsp3) is 0.714. The van der Waals surface area contributed by atoms with Crippen LogP contribution in [0.25, 0.3) is 0 Å². The molecule has 0 atom stereocenters. The van der Waals surface area contributed by atoms with E-state index < -0.39 is 0 Å². The first-order valence-electron chi connectivity index (χ1n) is 3.97. The second-order valence-electron chi connectivity index (χ2n) is 2.22. The standard InChI is InChI=1S/C7H13N3O2/c1-2-11-4-3-8-5-7-9-6-12-10-7/h6,8H,2-5H2,1H3. The minimum atomic E-state index is 0.629. The van der Waals surface area contributed by atoms with Crippen LogP contribution < -0.4 is 5.32 Å². The highest BCUT2D eigenvalue weighted by Gasteiger charge is 1.95. The summed E-state index contributed by atoms with van der Waals surface area (Å²) < 4.78 is 9.69. The van der Waals surface area contributed by atoms with E-state index in [4.69, 9.17) is 4.74 Å². The van der Waals surface area contributed by atoms with Crippen molar-refractivity contribution >= 4 is 0 Å². The molecule has 0 fully saturated rings. The van der Waals surface area contributed by atoms with Gasteiger partial charge >= 0.3 is 0 Å². The first kappa shape index (κ1) is 9.15. The molecule has 12 heavy (non-hydrogen) atoms. The third-order valence-electron chi connectivity index (χ3n) is 1.32. The molecule has 1 heterocycles. The van der Waals surface area contributed by atoms with Gasteiger partial charge in [0.15, 0.2) is 5.82 Å². The Morgan fingerprint density at radius 2 is 2.58 bits per heavy atom. The molecule has 0 radical (unpaired) electrons. The minimum absolute atomic E-state index is 0.629. The fourth-order valence-electron chi connectivity index (χ4n) is 0.759. The van der Waals surface area contributed by atoms with E-state index >= 15 is 0 Å². The van der Waals surface area contributed by atoms with E-state index in [9.17, 15) is 0 Å². The van der Waals surface area contributed by atoms with Gasteiger partial charge in [0.1, 0.15) is 0 Å². The van der Waals surface area contributed by atoms with Crippen molar-refractivity contribution in [2.75, 3.05) is 19.8 Å². The van der Waals surface area contributed by atoms with Crippen molar-refractivity contribution < 1.29 is 9.26 Å². The summed E-state index contributed by atoms with van der Waals surface area (Å²) in [7, 11) is 0. The summed E-state index contributed by atoms with van der Waals surface area (Å²) in [6.45, 7) is 4.88. The normalized spacial score (nSPS) is 10.4. The van der Waals surface area contributed by atoms with Crippen LogP contribution in [-0.2, 0) is 11.3 Å². The molecule has 0 aromatic carbocycles. The van der Waals surface area contributed by atoms with Crippen LogP contribution >= 0.6 is 0 Å². The lowest BCUT2D eigenvalue weighted by molar-refractivity contribution is 0.149. The van der Waals surface area contributed by atoms with Gasteiger partial charge in [0.2, 0.25) is 6.39 Å². The summed E-state index contributed by atoms with van der Waals surface area (Å²) in [5.74, 6) is 0.673. The maximum atomic E-state index is 5.13. The highest BCUT2D eigenvalue weighted by Crippen LogP contribution is 1.85. The van der Waals surface area contributed by atoms with Gasteiger partial charge in [-0.15, -0.1) is 0 Å². The van der Waals surface area contributed by atoms with Gasteiger partial charge in [-0.3, -0.25) is 0 Å². The molecule has 1 rings (SSSR count). The molecule has 0 unspecified atom stereocenters. The van der Waals surface area contributed by atoms with Gasteiger partial charge in [0.25, 0.3) is 0 Å². The number of nitrogens with zero attached hydrogens (tertiary/aromatic N) is 2. The van der Waals surface area contributed by atoms with Gasteiger partial charge in [0.05, 0.1) is 13.2 Å². The SMILES string of the molecule is CCOCCNCc1ncon1. The first-order chi connectivity index (χ1) is 5.93. The van der Waals surface area contributed by atoms with E-state index in [0.717, 1.165) is 13.2 Å². The third-order valence-corrected chi connectivity index (χ3v) is 1.32. The molecule has 0 saturated carbocycles. The summed E-state index contributed by atoms with van der Waals surface area (Å²) >= 11 is 0. The van der Waals surface area contributed by atoms with Crippen molar-refractivity contribution in [2.24, 2.45) is 0 Å². The van der Waals surface area contributed by atoms with Crippen molar-refractivity contribution in [1.29, 1.82) is 0 Å². The summed E-state index contributed by atoms with van der Waals surface area (Å²) in [5, 5.41) is 6.76. The number of hydrogen-bond acceptors (Lipinski definition) is 5. The maximum absolute atomic E-state index is 5.13. The largest absolute Gasteiger partial charge is 0.380 e. The molecule has 1 aromatic heterocycles. The van der Waals surface area contributed by atoms with E-state index in [1.165, 1.54) is 6.39 Å². The molecule has 0 aliphatic carbocycles. The van der Waals surface area contributed by atoms with Crippen LogP contribution in [-0.4, -0.2) is 29.9 Å². The molecule has 5 nitrogen and oxygen atoms in total. The number of nitrogens with one attached hydrogen (secondary N) is 1. The van der Waals surface area contributed by atoms with Crippen LogP contribution in [0, 0.1) is 0 Å². The highest BCUT2D eigenvalue weighted by molar-refractivity contribution is 4.75. The van der Waals surface area contributed by atoms with Crippen LogP contribution in [0.15, 0.2) is 10.9 Å². The van der Waals surface area contributed by atoms with Crippen molar-refractivity contribution in [1.82, 2.24) is 15.5 Å². The van der Waals surface area contributed by atoms with E-state index in [2.05, 4.69) is 20.0 Å². The lowest BCUT2D eigenvalue weighted by Crippen LogP contribution is -2.19. The number of hydrogen-bond donors (Lipinski definition) is 1. The van der Waals surface area contributed by atoms with Crippen molar-refractivity contribution in [3.63, 3.8) is 0 Å². The van der Waals surface area contributed by atoms with Gasteiger partial charge in [-0.25, -0.2) is 0 Å². The van der Waals surface area contributed by atoms with Crippen LogP contribution in [0.3, 0.4) is 0 Å². The fourth-order valence-corrected chi connectivity index (χ4v) is 0.759. The Labute approximate surface area is 71.1 Å². The summed E-state index contributed by atoms with van der Waals surface area (Å²) in [4.78, 5) is 3.85. The molecule has 0 amide bonds. The van der Waals surface area contributed by atoms with Gasteiger partial charge < -0.3 is 14.6 Å². The average Bonchev–Trinajstić information content (AvgIpc) is 2.57. The lowest BCUT2D eigenvalue weighted by atomic mass is 10.5. The molecule has 0 bridgehead atoms. The molecule has 0 saturated heterocycles. The summed E-state index contributed by atoms with van der Waals surface area (Å²) in [6, 6.07) is 0. The topological polar surface area (TPSA) is 60.2 Å². The molecule has 1 N–H and O–H groups in total. The smallest absolute Gasteiger partial charge is 0.213 e. The Morgan fingerprint density at radius 3 is 3.25 bits per heavy atom. The van der Waals surface area contributed by atoms with Crippen molar-refractivity contribution in [3.8, 4) is 0 Å². The minimum Gasteiger partial charge on any atom is -0.380 e. The van der Waals surface area contributed by atoms with Gasteiger partial charge in [0, 0.05) is 13.2 Å². The predicted octanol–water partition coefficient (Wildman–Crippen LogP) is 0.196. The number of aromatic nitrogens is 2.